The lowest BCUT2D eigenvalue weighted by molar-refractivity contribution is -0.133. The van der Waals surface area contributed by atoms with Gasteiger partial charge in [-0.15, -0.1) is 0 Å². The molecule has 0 aromatic heterocycles. The second-order valence-corrected chi connectivity index (χ2v) is 5.68. The first-order valence-electron chi connectivity index (χ1n) is 4.64. The molecular weight excluding hydrogens is 204 g/mol. The molecule has 14 heavy (non-hydrogen) atoms. The third kappa shape index (κ3) is 3.75. The van der Waals surface area contributed by atoms with Crippen molar-refractivity contribution in [3.05, 3.63) is 0 Å². The molecule has 1 aliphatic rings. The van der Waals surface area contributed by atoms with E-state index in [9.17, 15) is 9.00 Å². The minimum Gasteiger partial charge on any atom is -0.481 e. The van der Waals surface area contributed by atoms with Crippen LogP contribution in [0.3, 0.4) is 0 Å². The molecule has 0 amide bonds. The first-order chi connectivity index (χ1) is 6.39. The third-order valence-electron chi connectivity index (χ3n) is 2.21. The Morgan fingerprint density at radius 1 is 1.64 bits per heavy atom. The quantitative estimate of drug-likeness (QED) is 0.760. The zero-order chi connectivity index (χ0) is 10.8. The van der Waals surface area contributed by atoms with Crippen LogP contribution in [0.1, 0.15) is 26.7 Å². The highest BCUT2D eigenvalue weighted by atomic mass is 32.2. The maximum Gasteiger partial charge on any atom is 0.316 e. The minimum absolute atomic E-state index is 0.0369. The van der Waals surface area contributed by atoms with Gasteiger partial charge in [-0.1, -0.05) is 0 Å². The summed E-state index contributed by atoms with van der Waals surface area (Å²) in [6, 6.07) is 0. The van der Waals surface area contributed by atoms with Crippen molar-refractivity contribution in [2.75, 3.05) is 11.5 Å². The molecule has 82 valence electrons. The van der Waals surface area contributed by atoms with E-state index in [4.69, 9.17) is 9.84 Å². The minimum atomic E-state index is -1.30. The largest absolute Gasteiger partial charge is 0.481 e. The van der Waals surface area contributed by atoms with Gasteiger partial charge in [-0.2, -0.15) is 0 Å². The zero-order valence-electron chi connectivity index (χ0n) is 8.49. The normalized spacial score (nSPS) is 27.4. The number of rotatable bonds is 4. The third-order valence-corrected chi connectivity index (χ3v) is 3.52. The first kappa shape index (κ1) is 11.7. The van der Waals surface area contributed by atoms with Crippen molar-refractivity contribution in [2.45, 2.75) is 38.4 Å². The molecule has 0 aromatic carbocycles. The van der Waals surface area contributed by atoms with Crippen LogP contribution in [-0.4, -0.2) is 38.5 Å². The lowest BCUT2D eigenvalue weighted by Gasteiger charge is -2.18. The van der Waals surface area contributed by atoms with Gasteiger partial charge in [-0.3, -0.25) is 9.00 Å². The second kappa shape index (κ2) is 4.40. The summed E-state index contributed by atoms with van der Waals surface area (Å²) in [4.78, 5) is 10.3. The molecule has 2 atom stereocenters. The van der Waals surface area contributed by atoms with E-state index in [0.717, 1.165) is 12.8 Å². The van der Waals surface area contributed by atoms with Gasteiger partial charge in [0.15, 0.2) is 0 Å². The maximum absolute atomic E-state index is 11.3. The number of carboxylic acids is 1. The van der Waals surface area contributed by atoms with Gasteiger partial charge in [0, 0.05) is 10.8 Å². The maximum atomic E-state index is 11.3. The summed E-state index contributed by atoms with van der Waals surface area (Å²) in [5, 5.41) is 8.43. The standard InChI is InChI=1S/C9H16O4S/c1-9(2)4-3-7(13-9)5-14(12)6-8(10)11/h7H,3-6H2,1-2H3,(H,10,11). The summed E-state index contributed by atoms with van der Waals surface area (Å²) in [6.07, 6.45) is 1.78. The van der Waals surface area contributed by atoms with Crippen molar-refractivity contribution in [3.8, 4) is 0 Å². The van der Waals surface area contributed by atoms with Crippen LogP contribution in [-0.2, 0) is 20.3 Å². The van der Waals surface area contributed by atoms with E-state index in [2.05, 4.69) is 0 Å². The molecular formula is C9H16O4S. The van der Waals surface area contributed by atoms with Crippen LogP contribution in [0.25, 0.3) is 0 Å². The molecule has 0 aromatic rings. The first-order valence-corrected chi connectivity index (χ1v) is 6.12. The van der Waals surface area contributed by atoms with Crippen molar-refractivity contribution >= 4 is 16.8 Å². The summed E-state index contributed by atoms with van der Waals surface area (Å²) in [6.45, 7) is 3.99. The van der Waals surface area contributed by atoms with Crippen LogP contribution in [0, 0.1) is 0 Å². The summed E-state index contributed by atoms with van der Waals surface area (Å²) in [5.74, 6) is -0.948. The van der Waals surface area contributed by atoms with Crippen LogP contribution in [0.4, 0.5) is 0 Å². The second-order valence-electron chi connectivity index (χ2n) is 4.18. The van der Waals surface area contributed by atoms with Gasteiger partial charge in [0.1, 0.15) is 5.75 Å². The SMILES string of the molecule is CC1(C)CCC(CS(=O)CC(=O)O)O1. The molecule has 5 heteroatoms. The van der Waals surface area contributed by atoms with E-state index >= 15 is 0 Å². The Bertz CT molecular complexity index is 249. The smallest absolute Gasteiger partial charge is 0.316 e. The van der Waals surface area contributed by atoms with Gasteiger partial charge >= 0.3 is 5.97 Å². The fraction of sp³-hybridized carbons (Fsp3) is 0.889. The Labute approximate surface area is 86.1 Å². The van der Waals surface area contributed by atoms with E-state index in [1.54, 1.807) is 0 Å². The molecule has 1 rings (SSSR count). The Hall–Kier alpha value is -0.420. The molecule has 1 saturated heterocycles. The molecule has 1 heterocycles. The topological polar surface area (TPSA) is 63.6 Å². The molecule has 4 nitrogen and oxygen atoms in total. The molecule has 2 unspecified atom stereocenters. The number of carbonyl (C=O) groups is 1. The van der Waals surface area contributed by atoms with Crippen molar-refractivity contribution in [3.63, 3.8) is 0 Å². The number of ether oxygens (including phenoxy) is 1. The predicted octanol–water partition coefficient (Wildman–Crippen LogP) is 0.777. The van der Waals surface area contributed by atoms with E-state index < -0.39 is 16.8 Å². The molecule has 0 radical (unpaired) electrons. The summed E-state index contributed by atoms with van der Waals surface area (Å²) >= 11 is 0. The highest BCUT2D eigenvalue weighted by molar-refractivity contribution is 7.85. The lowest BCUT2D eigenvalue weighted by Crippen LogP contribution is -2.25. The van der Waals surface area contributed by atoms with Gasteiger partial charge in [-0.25, -0.2) is 0 Å². The van der Waals surface area contributed by atoms with Gasteiger partial charge in [0.05, 0.1) is 17.5 Å². The Kier molecular flexibility index (Phi) is 3.66. The highest BCUT2D eigenvalue weighted by Gasteiger charge is 2.32. The number of hydrogen-bond donors (Lipinski definition) is 1. The monoisotopic (exact) mass is 220 g/mol. The van der Waals surface area contributed by atoms with Crippen LogP contribution in [0.15, 0.2) is 0 Å². The molecule has 0 aliphatic carbocycles. The van der Waals surface area contributed by atoms with Crippen LogP contribution in [0.2, 0.25) is 0 Å². The molecule has 0 saturated carbocycles. The van der Waals surface area contributed by atoms with Crippen LogP contribution >= 0.6 is 0 Å². The highest BCUT2D eigenvalue weighted by Crippen LogP contribution is 2.29. The Morgan fingerprint density at radius 2 is 2.29 bits per heavy atom. The summed E-state index contributed by atoms with van der Waals surface area (Å²) < 4.78 is 16.9. The van der Waals surface area contributed by atoms with Crippen molar-refractivity contribution in [2.24, 2.45) is 0 Å². The number of aliphatic carboxylic acids is 1. The summed E-state index contributed by atoms with van der Waals surface area (Å²) in [7, 11) is -1.30. The molecule has 1 N–H and O–H groups in total. The van der Waals surface area contributed by atoms with Crippen molar-refractivity contribution in [1.29, 1.82) is 0 Å². The van der Waals surface area contributed by atoms with Gasteiger partial charge < -0.3 is 9.84 Å². The van der Waals surface area contributed by atoms with E-state index in [1.807, 2.05) is 13.8 Å². The van der Waals surface area contributed by atoms with E-state index in [0.29, 0.717) is 5.75 Å². The van der Waals surface area contributed by atoms with Crippen LogP contribution in [0.5, 0.6) is 0 Å². The fourth-order valence-corrected chi connectivity index (χ4v) is 2.64. The molecule has 0 spiro atoms. The average Bonchev–Trinajstić information content (AvgIpc) is 2.27. The van der Waals surface area contributed by atoms with Gasteiger partial charge in [0.2, 0.25) is 0 Å². The van der Waals surface area contributed by atoms with E-state index in [1.165, 1.54) is 0 Å². The lowest BCUT2D eigenvalue weighted by atomic mass is 10.1. The molecule has 1 fully saturated rings. The van der Waals surface area contributed by atoms with E-state index in [-0.39, 0.29) is 17.5 Å². The predicted molar refractivity (Wildman–Crippen MR) is 53.7 cm³/mol. The van der Waals surface area contributed by atoms with Gasteiger partial charge in [-0.05, 0) is 26.7 Å². The fourth-order valence-electron chi connectivity index (χ4n) is 1.60. The van der Waals surface area contributed by atoms with Gasteiger partial charge in [0.25, 0.3) is 0 Å². The number of hydrogen-bond acceptors (Lipinski definition) is 3. The van der Waals surface area contributed by atoms with Crippen molar-refractivity contribution < 1.29 is 18.8 Å². The summed E-state index contributed by atoms with van der Waals surface area (Å²) in [5.41, 5.74) is -0.141. The number of carboxylic acid groups (broad SMARTS) is 1. The Balaban J connectivity index is 2.32. The molecule has 0 bridgehead atoms. The Morgan fingerprint density at radius 3 is 2.71 bits per heavy atom. The average molecular weight is 220 g/mol. The molecule has 1 aliphatic heterocycles. The zero-order valence-corrected chi connectivity index (χ0v) is 9.30. The van der Waals surface area contributed by atoms with Crippen LogP contribution < -0.4 is 0 Å². The van der Waals surface area contributed by atoms with Crippen molar-refractivity contribution in [1.82, 2.24) is 0 Å².